The van der Waals surface area contributed by atoms with Gasteiger partial charge in [-0.1, -0.05) is 6.07 Å². The molecule has 7 heteroatoms. The maximum Gasteiger partial charge on any atom is 0.312 e. The number of thiazole rings is 1. The maximum absolute atomic E-state index is 12.0. The van der Waals surface area contributed by atoms with Crippen molar-refractivity contribution in [3.63, 3.8) is 0 Å². The first-order chi connectivity index (χ1) is 13.0. The van der Waals surface area contributed by atoms with Gasteiger partial charge in [0.05, 0.1) is 12.1 Å². The number of carbonyl (C=O) groups excluding carboxylic acids is 2. The molecule has 1 amide bonds. The quantitative estimate of drug-likeness (QED) is 0.661. The summed E-state index contributed by atoms with van der Waals surface area (Å²) in [4.78, 5) is 32.4. The Morgan fingerprint density at radius 1 is 1.19 bits per heavy atom. The fourth-order valence-corrected chi connectivity index (χ4v) is 3.18. The molecule has 1 N–H and O–H groups in total. The normalized spacial score (nSPS) is 10.4. The van der Waals surface area contributed by atoms with Crippen LogP contribution in [-0.2, 0) is 20.7 Å². The summed E-state index contributed by atoms with van der Waals surface area (Å²) < 4.78 is 5.05. The number of rotatable bonds is 6. The lowest BCUT2D eigenvalue weighted by Gasteiger charge is -2.08. The fraction of sp³-hybridized carbons (Fsp3) is 0.200. The van der Waals surface area contributed by atoms with Crippen LogP contribution in [0.15, 0.2) is 48.1 Å². The van der Waals surface area contributed by atoms with Crippen molar-refractivity contribution in [3.05, 3.63) is 64.9 Å². The summed E-state index contributed by atoms with van der Waals surface area (Å²) >= 11 is 1.44. The van der Waals surface area contributed by atoms with Crippen LogP contribution in [0.2, 0.25) is 0 Å². The van der Waals surface area contributed by atoms with E-state index in [1.807, 2.05) is 44.2 Å². The van der Waals surface area contributed by atoms with Crippen LogP contribution in [0.4, 0.5) is 5.69 Å². The number of esters is 1. The van der Waals surface area contributed by atoms with Crippen molar-refractivity contribution in [3.8, 4) is 10.6 Å². The summed E-state index contributed by atoms with van der Waals surface area (Å²) in [6.45, 7) is 3.64. The van der Waals surface area contributed by atoms with Crippen molar-refractivity contribution in [2.45, 2.75) is 20.3 Å². The molecule has 0 aliphatic heterocycles. The zero-order chi connectivity index (χ0) is 19.2. The number of hydrogen-bond donors (Lipinski definition) is 1. The van der Waals surface area contributed by atoms with Gasteiger partial charge in [-0.15, -0.1) is 11.3 Å². The molecule has 0 bridgehead atoms. The fourth-order valence-electron chi connectivity index (χ4n) is 2.37. The number of ether oxygens (including phenoxy) is 1. The van der Waals surface area contributed by atoms with Gasteiger partial charge in [0.15, 0.2) is 6.61 Å². The number of aryl methyl sites for hydroxylation is 2. The Kier molecular flexibility index (Phi) is 5.93. The molecule has 27 heavy (non-hydrogen) atoms. The molecule has 1 aromatic carbocycles. The number of benzene rings is 1. The summed E-state index contributed by atoms with van der Waals surface area (Å²) in [5, 5.41) is 5.31. The number of anilines is 1. The van der Waals surface area contributed by atoms with Gasteiger partial charge < -0.3 is 10.1 Å². The predicted molar refractivity (Wildman–Crippen MR) is 105 cm³/mol. The summed E-state index contributed by atoms with van der Waals surface area (Å²) in [6, 6.07) is 9.37. The van der Waals surface area contributed by atoms with Crippen molar-refractivity contribution < 1.29 is 14.3 Å². The summed E-state index contributed by atoms with van der Waals surface area (Å²) in [6.07, 6.45) is 3.43. The molecule has 6 nitrogen and oxygen atoms in total. The molecule has 0 atom stereocenters. The minimum absolute atomic E-state index is 0.0215. The number of amides is 1. The molecule has 0 fully saturated rings. The van der Waals surface area contributed by atoms with Gasteiger partial charge in [-0.3, -0.25) is 14.6 Å². The van der Waals surface area contributed by atoms with Gasteiger partial charge in [-0.25, -0.2) is 4.98 Å². The zero-order valence-corrected chi connectivity index (χ0v) is 15.9. The average Bonchev–Trinajstić information content (AvgIpc) is 3.12. The van der Waals surface area contributed by atoms with Gasteiger partial charge in [-0.05, 0) is 49.2 Å². The number of aromatic nitrogens is 2. The van der Waals surface area contributed by atoms with Gasteiger partial charge in [-0.2, -0.15) is 0 Å². The number of nitrogens with one attached hydrogen (secondary N) is 1. The Hall–Kier alpha value is -3.06. The molecule has 2 aromatic heterocycles. The molecule has 3 rings (SSSR count). The van der Waals surface area contributed by atoms with E-state index in [0.29, 0.717) is 11.4 Å². The Morgan fingerprint density at radius 2 is 2.04 bits per heavy atom. The third-order valence-electron chi connectivity index (χ3n) is 3.94. The van der Waals surface area contributed by atoms with E-state index in [0.717, 1.165) is 21.7 Å². The Bertz CT molecular complexity index is 954. The van der Waals surface area contributed by atoms with Gasteiger partial charge >= 0.3 is 5.97 Å². The molecule has 0 spiro atoms. The van der Waals surface area contributed by atoms with E-state index >= 15 is 0 Å². The minimum atomic E-state index is -0.492. The second-order valence-corrected chi connectivity index (χ2v) is 6.93. The van der Waals surface area contributed by atoms with Crippen molar-refractivity contribution >= 4 is 28.9 Å². The van der Waals surface area contributed by atoms with E-state index in [4.69, 9.17) is 4.74 Å². The summed E-state index contributed by atoms with van der Waals surface area (Å²) in [5.74, 6) is -0.866. The predicted octanol–water partition coefficient (Wildman–Crippen LogP) is 3.55. The van der Waals surface area contributed by atoms with Crippen molar-refractivity contribution in [1.29, 1.82) is 0 Å². The van der Waals surface area contributed by atoms with E-state index in [2.05, 4.69) is 15.3 Å². The van der Waals surface area contributed by atoms with E-state index in [9.17, 15) is 9.59 Å². The molecule has 2 heterocycles. The number of pyridine rings is 1. The van der Waals surface area contributed by atoms with Crippen LogP contribution < -0.4 is 5.32 Å². The first kappa shape index (κ1) is 18.7. The van der Waals surface area contributed by atoms with Crippen LogP contribution in [0.5, 0.6) is 0 Å². The first-order valence-electron chi connectivity index (χ1n) is 8.39. The lowest BCUT2D eigenvalue weighted by atomic mass is 10.1. The first-order valence-corrected chi connectivity index (χ1v) is 9.27. The van der Waals surface area contributed by atoms with Gasteiger partial charge in [0.1, 0.15) is 5.01 Å². The van der Waals surface area contributed by atoms with E-state index < -0.39 is 5.97 Å². The molecule has 3 aromatic rings. The molecule has 0 aliphatic carbocycles. The standard InChI is InChI=1S/C20H19N3O3S/c1-13-5-6-16(8-14(13)2)22-18(24)11-26-19(25)9-17-12-27-20(23-17)15-4-3-7-21-10-15/h3-8,10,12H,9,11H2,1-2H3,(H,22,24). The summed E-state index contributed by atoms with van der Waals surface area (Å²) in [7, 11) is 0. The van der Waals surface area contributed by atoms with Crippen molar-refractivity contribution in [2.24, 2.45) is 0 Å². The Labute approximate surface area is 161 Å². The molecular formula is C20H19N3O3S. The highest BCUT2D eigenvalue weighted by atomic mass is 32.1. The number of nitrogens with zero attached hydrogens (tertiary/aromatic N) is 2. The van der Waals surface area contributed by atoms with Crippen molar-refractivity contribution in [1.82, 2.24) is 9.97 Å². The highest BCUT2D eigenvalue weighted by Crippen LogP contribution is 2.22. The lowest BCUT2D eigenvalue weighted by molar-refractivity contribution is -0.146. The molecular weight excluding hydrogens is 362 g/mol. The molecule has 138 valence electrons. The second kappa shape index (κ2) is 8.55. The van der Waals surface area contributed by atoms with Gasteiger partial charge in [0.2, 0.25) is 0 Å². The number of carbonyl (C=O) groups is 2. The zero-order valence-electron chi connectivity index (χ0n) is 15.1. The van der Waals surface area contributed by atoms with Gasteiger partial charge in [0.25, 0.3) is 5.91 Å². The molecule has 0 saturated carbocycles. The number of hydrogen-bond acceptors (Lipinski definition) is 6. The minimum Gasteiger partial charge on any atom is -0.455 e. The summed E-state index contributed by atoms with van der Waals surface area (Å²) in [5.41, 5.74) is 4.42. The SMILES string of the molecule is Cc1ccc(NC(=O)COC(=O)Cc2csc(-c3cccnc3)n2)cc1C. The van der Waals surface area contributed by atoms with Crippen LogP contribution >= 0.6 is 11.3 Å². The third-order valence-corrected chi connectivity index (χ3v) is 4.88. The van der Waals surface area contributed by atoms with Crippen LogP contribution in [-0.4, -0.2) is 28.5 Å². The highest BCUT2D eigenvalue weighted by molar-refractivity contribution is 7.13. The maximum atomic E-state index is 12.0. The average molecular weight is 381 g/mol. The van der Waals surface area contributed by atoms with Crippen LogP contribution in [0.25, 0.3) is 10.6 Å². The Morgan fingerprint density at radius 3 is 2.78 bits per heavy atom. The smallest absolute Gasteiger partial charge is 0.312 e. The van der Waals surface area contributed by atoms with Crippen LogP contribution in [0.3, 0.4) is 0 Å². The molecule has 0 aliphatic rings. The monoisotopic (exact) mass is 381 g/mol. The van der Waals surface area contributed by atoms with E-state index in [-0.39, 0.29) is 18.9 Å². The second-order valence-electron chi connectivity index (χ2n) is 6.07. The molecule has 0 saturated heterocycles. The molecule has 0 unspecified atom stereocenters. The van der Waals surface area contributed by atoms with E-state index in [1.165, 1.54) is 11.3 Å². The lowest BCUT2D eigenvalue weighted by Crippen LogP contribution is -2.21. The highest BCUT2D eigenvalue weighted by Gasteiger charge is 2.12. The largest absolute Gasteiger partial charge is 0.455 e. The van der Waals surface area contributed by atoms with Crippen LogP contribution in [0.1, 0.15) is 16.8 Å². The topological polar surface area (TPSA) is 81.2 Å². The van der Waals surface area contributed by atoms with Crippen molar-refractivity contribution in [2.75, 3.05) is 11.9 Å². The third kappa shape index (κ3) is 5.21. The Balaban J connectivity index is 1.49. The van der Waals surface area contributed by atoms with Crippen LogP contribution in [0, 0.1) is 13.8 Å². The van der Waals surface area contributed by atoms with E-state index in [1.54, 1.807) is 17.8 Å². The molecule has 0 radical (unpaired) electrons. The van der Waals surface area contributed by atoms with Gasteiger partial charge in [0, 0.05) is 29.0 Å².